The lowest BCUT2D eigenvalue weighted by Gasteiger charge is -2.58. The fourth-order valence-corrected chi connectivity index (χ4v) is 13.3. The summed E-state index contributed by atoms with van der Waals surface area (Å²) in [5.41, 5.74) is 4.63. The van der Waals surface area contributed by atoms with Gasteiger partial charge in [-0.1, -0.05) is 54.9 Å². The van der Waals surface area contributed by atoms with Crippen molar-refractivity contribution in [1.29, 1.82) is 0 Å². The Balaban J connectivity index is 0.789. The van der Waals surface area contributed by atoms with E-state index in [4.69, 9.17) is 9.26 Å². The van der Waals surface area contributed by atoms with E-state index < -0.39 is 40.0 Å². The van der Waals surface area contributed by atoms with Gasteiger partial charge in [0.2, 0.25) is 5.91 Å². The van der Waals surface area contributed by atoms with E-state index in [9.17, 15) is 29.1 Å². The number of aliphatic carboxylic acids is 1. The van der Waals surface area contributed by atoms with Gasteiger partial charge in [0.15, 0.2) is 0 Å². The highest BCUT2D eigenvalue weighted by Gasteiger charge is 2.64. The average molecular weight is 813 g/mol. The van der Waals surface area contributed by atoms with E-state index >= 15 is 0 Å². The predicted molar refractivity (Wildman–Crippen MR) is 219 cm³/mol. The fraction of sp³-hybridized carbons (Fsp3) is 0.600. The molecule has 310 valence electrons. The fourth-order valence-electron chi connectivity index (χ4n) is 11.7. The van der Waals surface area contributed by atoms with Crippen LogP contribution in [0.5, 0.6) is 0 Å². The number of carboxylic acids is 1. The van der Waals surface area contributed by atoms with Crippen molar-refractivity contribution >= 4 is 41.4 Å². The number of benzene rings is 1. The zero-order valence-corrected chi connectivity index (χ0v) is 35.0. The summed E-state index contributed by atoms with van der Waals surface area (Å²) in [6, 6.07) is 4.78. The van der Waals surface area contributed by atoms with Gasteiger partial charge in [-0.25, -0.2) is 4.79 Å². The molecule has 2 saturated heterocycles. The summed E-state index contributed by atoms with van der Waals surface area (Å²) < 4.78 is 10.9. The molecular weight excluding hydrogens is 757 g/mol. The third-order valence-electron chi connectivity index (χ3n) is 14.8. The number of aryl methyl sites for hydroxylation is 1. The molecule has 2 aromatic rings. The molecule has 5 fully saturated rings. The van der Waals surface area contributed by atoms with Crippen molar-refractivity contribution in [3.63, 3.8) is 0 Å². The van der Waals surface area contributed by atoms with Gasteiger partial charge in [0.05, 0.1) is 0 Å². The third kappa shape index (κ3) is 6.78. The standard InChI is InChI=1S/C45H56N4O8S/c1-24-18-20-44(5)28(23-24)14-15-29-30-16-17-32(45(30,6)21-19-31(29)44)56-33(50)9-7-8-22-46-38(51)27-12-10-26(11-13-27)35-34(25(2)57-48-35)39(52)47-36-40(53)49-37(42(54)55)43(3,4)58-41(36)49/h10-13,23,29-32,36-37,41H,1,7-9,14-22H2,2-6H3,(H,46,51)(H,47,52)(H,54,55). The number of carbonyl (C=O) groups is 5. The average Bonchev–Trinajstić information content (AvgIpc) is 3.82. The Labute approximate surface area is 344 Å². The van der Waals surface area contributed by atoms with E-state index in [1.165, 1.54) is 47.9 Å². The van der Waals surface area contributed by atoms with Crippen LogP contribution in [0.25, 0.3) is 11.3 Å². The monoisotopic (exact) mass is 812 g/mol. The van der Waals surface area contributed by atoms with Gasteiger partial charge in [-0.2, -0.15) is 0 Å². The Bertz CT molecular complexity index is 2070. The number of nitrogens with one attached hydrogen (secondary N) is 2. The largest absolute Gasteiger partial charge is 0.480 e. The quantitative estimate of drug-likeness (QED) is 0.120. The molecular formula is C45H56N4O8S. The Morgan fingerprint density at radius 1 is 1.00 bits per heavy atom. The molecule has 3 saturated carbocycles. The molecule has 58 heavy (non-hydrogen) atoms. The van der Waals surface area contributed by atoms with E-state index in [0.29, 0.717) is 54.7 Å². The maximum atomic E-state index is 13.5. The summed E-state index contributed by atoms with van der Waals surface area (Å²) in [6.07, 6.45) is 13.1. The van der Waals surface area contributed by atoms with Gasteiger partial charge in [-0.05, 0) is 120 Å². The van der Waals surface area contributed by atoms with E-state index in [0.717, 1.165) is 25.7 Å². The minimum absolute atomic E-state index is 0.0266. The number of hydrogen-bond acceptors (Lipinski definition) is 9. The number of allylic oxidation sites excluding steroid dienone is 3. The van der Waals surface area contributed by atoms with Crippen molar-refractivity contribution in [2.45, 2.75) is 134 Å². The Morgan fingerprint density at radius 2 is 1.76 bits per heavy atom. The molecule has 3 N–H and O–H groups in total. The second kappa shape index (κ2) is 15.0. The molecule has 3 amide bonds. The van der Waals surface area contributed by atoms with Crippen LogP contribution in [0.1, 0.15) is 125 Å². The van der Waals surface area contributed by atoms with Crippen LogP contribution < -0.4 is 10.6 Å². The molecule has 0 radical (unpaired) electrons. The van der Waals surface area contributed by atoms with E-state index in [1.807, 2.05) is 0 Å². The molecule has 4 aliphatic carbocycles. The van der Waals surface area contributed by atoms with Crippen molar-refractivity contribution in [2.24, 2.45) is 28.6 Å². The number of nitrogens with zero attached hydrogens (tertiary/aromatic N) is 2. The molecule has 12 nitrogen and oxygen atoms in total. The van der Waals surface area contributed by atoms with Gasteiger partial charge >= 0.3 is 11.9 Å². The number of β-lactam (4-membered cyclic amide) rings is 1. The van der Waals surface area contributed by atoms with Gasteiger partial charge in [-0.3, -0.25) is 19.2 Å². The van der Waals surface area contributed by atoms with Crippen LogP contribution in [0.3, 0.4) is 0 Å². The zero-order valence-electron chi connectivity index (χ0n) is 34.2. The van der Waals surface area contributed by atoms with Gasteiger partial charge in [0.25, 0.3) is 11.8 Å². The Kier molecular flexibility index (Phi) is 10.5. The van der Waals surface area contributed by atoms with Crippen LogP contribution in [0, 0.1) is 35.5 Å². The number of ether oxygens (including phenoxy) is 1. The minimum atomic E-state index is -1.08. The first-order chi connectivity index (χ1) is 27.5. The Hall–Kier alpha value is -4.39. The maximum Gasteiger partial charge on any atom is 0.327 e. The number of carboxylic acid groups (broad SMARTS) is 1. The molecule has 9 atom stereocenters. The number of esters is 1. The highest BCUT2D eigenvalue weighted by Crippen LogP contribution is 2.66. The predicted octanol–water partition coefficient (Wildman–Crippen LogP) is 7.23. The first-order valence-corrected chi connectivity index (χ1v) is 21.9. The molecule has 2 aliphatic heterocycles. The van der Waals surface area contributed by atoms with Crippen molar-refractivity contribution < 1.29 is 38.3 Å². The molecule has 0 bridgehead atoms. The molecule has 3 heterocycles. The van der Waals surface area contributed by atoms with Crippen molar-refractivity contribution in [2.75, 3.05) is 6.54 Å². The minimum Gasteiger partial charge on any atom is -0.480 e. The maximum absolute atomic E-state index is 13.5. The Morgan fingerprint density at radius 3 is 2.50 bits per heavy atom. The van der Waals surface area contributed by atoms with Crippen LogP contribution in [0.15, 0.2) is 52.6 Å². The summed E-state index contributed by atoms with van der Waals surface area (Å²) in [6.45, 7) is 14.7. The van der Waals surface area contributed by atoms with E-state index in [1.54, 1.807) is 50.6 Å². The normalized spacial score (nSPS) is 33.2. The first kappa shape index (κ1) is 40.4. The molecule has 9 unspecified atom stereocenters. The number of rotatable bonds is 11. The topological polar surface area (TPSA) is 168 Å². The number of aromatic nitrogens is 1. The summed E-state index contributed by atoms with van der Waals surface area (Å²) in [5, 5.41) is 19.0. The van der Waals surface area contributed by atoms with Gasteiger partial charge in [-0.15, -0.1) is 11.8 Å². The summed E-state index contributed by atoms with van der Waals surface area (Å²) in [4.78, 5) is 65.7. The van der Waals surface area contributed by atoms with Crippen LogP contribution in [0.4, 0.5) is 0 Å². The van der Waals surface area contributed by atoms with Crippen molar-refractivity contribution in [1.82, 2.24) is 20.7 Å². The van der Waals surface area contributed by atoms with Gasteiger partial charge < -0.3 is 29.9 Å². The molecule has 1 aromatic carbocycles. The van der Waals surface area contributed by atoms with Crippen LogP contribution >= 0.6 is 11.8 Å². The lowest BCUT2D eigenvalue weighted by molar-refractivity contribution is -0.160. The van der Waals surface area contributed by atoms with Gasteiger partial charge in [0, 0.05) is 34.3 Å². The van der Waals surface area contributed by atoms with Gasteiger partial charge in [0.1, 0.15) is 40.6 Å². The smallest absolute Gasteiger partial charge is 0.327 e. The van der Waals surface area contributed by atoms with E-state index in [2.05, 4.69) is 42.3 Å². The molecule has 0 spiro atoms. The number of unbranched alkanes of at least 4 members (excludes halogenated alkanes) is 1. The molecule has 1 aromatic heterocycles. The van der Waals surface area contributed by atoms with Crippen LogP contribution in [-0.2, 0) is 19.1 Å². The first-order valence-electron chi connectivity index (χ1n) is 21.0. The van der Waals surface area contributed by atoms with Crippen molar-refractivity contribution in [3.05, 3.63) is 65.0 Å². The van der Waals surface area contributed by atoms with Crippen LogP contribution in [0.2, 0.25) is 0 Å². The molecule has 8 rings (SSSR count). The summed E-state index contributed by atoms with van der Waals surface area (Å²) in [5.74, 6) is -0.217. The SMILES string of the molecule is C=C1C=C2CCC3C(CCC4(C)C(OC(=O)CCCCNC(=O)c5ccc(-c6noc(C)c6C(=O)NC6C(=O)N7C6SC(C)(C)C7C(=O)O)cc5)CCC34)C2(C)CC1. The van der Waals surface area contributed by atoms with Crippen molar-refractivity contribution in [3.8, 4) is 11.3 Å². The lowest BCUT2D eigenvalue weighted by Crippen LogP contribution is -2.70. The number of hydrogen-bond donors (Lipinski definition) is 3. The highest BCUT2D eigenvalue weighted by molar-refractivity contribution is 8.01. The molecule has 6 aliphatic rings. The van der Waals surface area contributed by atoms with E-state index in [-0.39, 0.29) is 45.8 Å². The number of amides is 3. The highest BCUT2D eigenvalue weighted by atomic mass is 32.2. The number of carbonyl (C=O) groups excluding carboxylic acids is 4. The van der Waals surface area contributed by atoms with Crippen LogP contribution in [-0.4, -0.2) is 79.7 Å². The lowest BCUT2D eigenvalue weighted by atomic mass is 9.47. The third-order valence-corrected chi connectivity index (χ3v) is 16.4. The molecule has 13 heteroatoms. The summed E-state index contributed by atoms with van der Waals surface area (Å²) >= 11 is 1.35. The second-order valence-electron chi connectivity index (χ2n) is 18.6. The number of fused-ring (bicyclic) bond motifs is 6. The number of thioether (sulfide) groups is 1. The zero-order chi connectivity index (χ0) is 41.3. The second-order valence-corrected chi connectivity index (χ2v) is 20.3. The summed E-state index contributed by atoms with van der Waals surface area (Å²) in [7, 11) is 0.